The number of hydrogen-bond acceptors (Lipinski definition) is 5. The molecular formula is C17H21NO5. The van der Waals surface area contributed by atoms with E-state index >= 15 is 0 Å². The van der Waals surface area contributed by atoms with Crippen LogP contribution in [0.5, 0.6) is 11.5 Å². The van der Waals surface area contributed by atoms with Crippen LogP contribution >= 0.6 is 0 Å². The van der Waals surface area contributed by atoms with E-state index in [0.29, 0.717) is 50.6 Å². The summed E-state index contributed by atoms with van der Waals surface area (Å²) in [6.07, 6.45) is 0.491. The van der Waals surface area contributed by atoms with E-state index in [9.17, 15) is 4.79 Å². The molecule has 1 aromatic rings. The van der Waals surface area contributed by atoms with Crippen molar-refractivity contribution in [1.29, 1.82) is 0 Å². The molecule has 0 aliphatic carbocycles. The highest BCUT2D eigenvalue weighted by atomic mass is 16.7. The predicted octanol–water partition coefficient (Wildman–Crippen LogP) is 1.58. The quantitative estimate of drug-likeness (QED) is 0.786. The summed E-state index contributed by atoms with van der Waals surface area (Å²) in [5.74, 6) is 0.813. The molecule has 0 saturated carbocycles. The Kier molecular flexibility index (Phi) is 3.66. The van der Waals surface area contributed by atoms with Crippen LogP contribution in [-0.2, 0) is 14.3 Å². The van der Waals surface area contributed by atoms with Gasteiger partial charge < -0.3 is 23.8 Å². The van der Waals surface area contributed by atoms with Gasteiger partial charge in [0, 0.05) is 25.9 Å². The molecular weight excluding hydrogens is 298 g/mol. The summed E-state index contributed by atoms with van der Waals surface area (Å²) in [7, 11) is 0. The molecule has 4 rings (SSSR count). The Morgan fingerprint density at radius 1 is 1.09 bits per heavy atom. The van der Waals surface area contributed by atoms with Crippen LogP contribution in [0.3, 0.4) is 0 Å². The number of hydrogen-bond donors (Lipinski definition) is 0. The average molecular weight is 319 g/mol. The molecule has 0 aromatic heterocycles. The highest BCUT2D eigenvalue weighted by Crippen LogP contribution is 2.35. The lowest BCUT2D eigenvalue weighted by molar-refractivity contribution is -0.190. The lowest BCUT2D eigenvalue weighted by Gasteiger charge is -2.40. The molecule has 0 radical (unpaired) electrons. The van der Waals surface area contributed by atoms with Gasteiger partial charge in [0.2, 0.25) is 6.10 Å². The van der Waals surface area contributed by atoms with Crippen LogP contribution in [0, 0.1) is 0 Å². The Morgan fingerprint density at radius 3 is 2.35 bits per heavy atom. The van der Waals surface area contributed by atoms with Gasteiger partial charge in [-0.25, -0.2) is 0 Å². The van der Waals surface area contributed by atoms with Gasteiger partial charge in [0.25, 0.3) is 5.91 Å². The standard InChI is InChI=1S/C17H21NO5/c1-12-15(23-14-5-3-2-4-13(14)22-12)16(19)18-8-6-17(7-9-18)20-10-11-21-17/h2-5,12,15H,6-11H2,1H3. The number of nitrogens with zero attached hydrogens (tertiary/aromatic N) is 1. The minimum Gasteiger partial charge on any atom is -0.482 e. The van der Waals surface area contributed by atoms with Crippen molar-refractivity contribution in [2.24, 2.45) is 0 Å². The van der Waals surface area contributed by atoms with Crippen LogP contribution in [0.4, 0.5) is 0 Å². The molecule has 1 aromatic carbocycles. The van der Waals surface area contributed by atoms with E-state index in [1.807, 2.05) is 36.1 Å². The Hall–Kier alpha value is -1.79. The number of benzene rings is 1. The molecule has 3 aliphatic rings. The van der Waals surface area contributed by atoms with Gasteiger partial charge in [-0.05, 0) is 19.1 Å². The number of piperidine rings is 1. The molecule has 3 heterocycles. The molecule has 0 N–H and O–H groups in total. The van der Waals surface area contributed by atoms with E-state index in [1.54, 1.807) is 0 Å². The number of rotatable bonds is 1. The molecule has 0 bridgehead atoms. The fraction of sp³-hybridized carbons (Fsp3) is 0.588. The molecule has 1 amide bonds. The zero-order valence-corrected chi connectivity index (χ0v) is 13.2. The first kappa shape index (κ1) is 14.8. The van der Waals surface area contributed by atoms with Crippen LogP contribution in [-0.4, -0.2) is 55.1 Å². The summed E-state index contributed by atoms with van der Waals surface area (Å²) in [6.45, 7) is 4.38. The maximum Gasteiger partial charge on any atom is 0.267 e. The summed E-state index contributed by atoms with van der Waals surface area (Å²) >= 11 is 0. The fourth-order valence-corrected chi connectivity index (χ4v) is 3.42. The van der Waals surface area contributed by atoms with E-state index in [2.05, 4.69) is 0 Å². The van der Waals surface area contributed by atoms with Crippen molar-refractivity contribution in [3.63, 3.8) is 0 Å². The number of fused-ring (bicyclic) bond motifs is 1. The molecule has 6 heteroatoms. The van der Waals surface area contributed by atoms with Crippen LogP contribution < -0.4 is 9.47 Å². The van der Waals surface area contributed by atoms with Gasteiger partial charge >= 0.3 is 0 Å². The number of carbonyl (C=O) groups excluding carboxylic acids is 1. The van der Waals surface area contributed by atoms with Crippen molar-refractivity contribution >= 4 is 5.91 Å². The minimum atomic E-state index is -0.607. The minimum absolute atomic E-state index is 0.0279. The lowest BCUT2D eigenvalue weighted by atomic mass is 10.0. The van der Waals surface area contributed by atoms with Gasteiger partial charge in [-0.1, -0.05) is 12.1 Å². The van der Waals surface area contributed by atoms with E-state index < -0.39 is 11.9 Å². The second-order valence-corrected chi connectivity index (χ2v) is 6.24. The van der Waals surface area contributed by atoms with Gasteiger partial charge in [-0.2, -0.15) is 0 Å². The summed E-state index contributed by atoms with van der Waals surface area (Å²) in [5, 5.41) is 0. The third-order valence-electron chi connectivity index (χ3n) is 4.74. The van der Waals surface area contributed by atoms with Crippen molar-refractivity contribution in [2.45, 2.75) is 37.8 Å². The molecule has 1 spiro atoms. The SMILES string of the molecule is CC1Oc2ccccc2OC1C(=O)N1CCC2(CC1)OCCO2. The van der Waals surface area contributed by atoms with Crippen LogP contribution in [0.15, 0.2) is 24.3 Å². The Bertz CT molecular complexity index is 588. The molecule has 2 atom stereocenters. The van der Waals surface area contributed by atoms with Gasteiger partial charge in [0.15, 0.2) is 17.3 Å². The topological polar surface area (TPSA) is 57.2 Å². The Balaban J connectivity index is 1.43. The van der Waals surface area contributed by atoms with Crippen LogP contribution in [0.25, 0.3) is 0 Å². The number of ether oxygens (including phenoxy) is 4. The largest absolute Gasteiger partial charge is 0.482 e. The fourth-order valence-electron chi connectivity index (χ4n) is 3.42. The van der Waals surface area contributed by atoms with Crippen molar-refractivity contribution in [1.82, 2.24) is 4.90 Å². The number of carbonyl (C=O) groups is 1. The monoisotopic (exact) mass is 319 g/mol. The van der Waals surface area contributed by atoms with Crippen molar-refractivity contribution in [2.75, 3.05) is 26.3 Å². The summed E-state index contributed by atoms with van der Waals surface area (Å²) < 4.78 is 23.1. The van der Waals surface area contributed by atoms with Crippen molar-refractivity contribution < 1.29 is 23.7 Å². The van der Waals surface area contributed by atoms with Gasteiger partial charge in [0.05, 0.1) is 13.2 Å². The van der Waals surface area contributed by atoms with Crippen LogP contribution in [0.1, 0.15) is 19.8 Å². The maximum atomic E-state index is 12.8. The van der Waals surface area contributed by atoms with Crippen molar-refractivity contribution in [3.8, 4) is 11.5 Å². The maximum absolute atomic E-state index is 12.8. The third kappa shape index (κ3) is 2.66. The predicted molar refractivity (Wildman–Crippen MR) is 81.4 cm³/mol. The smallest absolute Gasteiger partial charge is 0.267 e. The van der Waals surface area contributed by atoms with E-state index in [0.717, 1.165) is 0 Å². The molecule has 3 aliphatic heterocycles. The first-order valence-corrected chi connectivity index (χ1v) is 8.16. The summed E-state index contributed by atoms with van der Waals surface area (Å²) in [6, 6.07) is 7.45. The number of para-hydroxylation sites is 2. The Labute approximate surface area is 135 Å². The van der Waals surface area contributed by atoms with E-state index in [4.69, 9.17) is 18.9 Å². The van der Waals surface area contributed by atoms with Gasteiger partial charge in [0.1, 0.15) is 6.10 Å². The molecule has 2 fully saturated rings. The molecule has 23 heavy (non-hydrogen) atoms. The molecule has 124 valence electrons. The van der Waals surface area contributed by atoms with Gasteiger partial charge in [-0.3, -0.25) is 4.79 Å². The molecule has 6 nitrogen and oxygen atoms in total. The number of likely N-dealkylation sites (tertiary alicyclic amines) is 1. The van der Waals surface area contributed by atoms with Gasteiger partial charge in [-0.15, -0.1) is 0 Å². The van der Waals surface area contributed by atoms with Crippen LogP contribution in [0.2, 0.25) is 0 Å². The first-order chi connectivity index (χ1) is 11.2. The average Bonchev–Trinajstić information content (AvgIpc) is 3.02. The molecule has 2 unspecified atom stereocenters. The van der Waals surface area contributed by atoms with Crippen molar-refractivity contribution in [3.05, 3.63) is 24.3 Å². The second-order valence-electron chi connectivity index (χ2n) is 6.24. The number of amides is 1. The summed E-state index contributed by atoms with van der Waals surface area (Å²) in [5.41, 5.74) is 0. The first-order valence-electron chi connectivity index (χ1n) is 8.16. The highest BCUT2D eigenvalue weighted by Gasteiger charge is 2.43. The third-order valence-corrected chi connectivity index (χ3v) is 4.74. The Morgan fingerprint density at radius 2 is 1.70 bits per heavy atom. The zero-order chi connectivity index (χ0) is 15.9. The molecule has 2 saturated heterocycles. The second kappa shape index (κ2) is 5.69. The normalized spacial score (nSPS) is 28.8. The highest BCUT2D eigenvalue weighted by molar-refractivity contribution is 5.82. The van der Waals surface area contributed by atoms with E-state index in [-0.39, 0.29) is 12.0 Å². The zero-order valence-electron chi connectivity index (χ0n) is 13.2. The van der Waals surface area contributed by atoms with E-state index in [1.165, 1.54) is 0 Å². The lowest BCUT2D eigenvalue weighted by Crippen LogP contribution is -2.55. The summed E-state index contributed by atoms with van der Waals surface area (Å²) in [4.78, 5) is 14.6.